The van der Waals surface area contributed by atoms with Crippen LogP contribution in [0.5, 0.6) is 0 Å². The molecule has 0 radical (unpaired) electrons. The van der Waals surface area contributed by atoms with Gasteiger partial charge in [0.1, 0.15) is 0 Å². The molecule has 0 spiro atoms. The number of rotatable bonds is 3. The molecule has 1 unspecified atom stereocenters. The highest BCUT2D eigenvalue weighted by atomic mass is 16.7. The summed E-state index contributed by atoms with van der Waals surface area (Å²) < 4.78 is 9.56. The second-order valence-corrected chi connectivity index (χ2v) is 3.15. The van der Waals surface area contributed by atoms with Gasteiger partial charge < -0.3 is 14.4 Å². The number of nitrogens with zero attached hydrogens (tertiary/aromatic N) is 1. The summed E-state index contributed by atoms with van der Waals surface area (Å²) in [5, 5.41) is 0. The minimum Gasteiger partial charge on any atom is -0.435 e. The second-order valence-electron chi connectivity index (χ2n) is 3.15. The van der Waals surface area contributed by atoms with Crippen LogP contribution in [0.25, 0.3) is 0 Å². The molecule has 1 aliphatic heterocycles. The van der Waals surface area contributed by atoms with Crippen molar-refractivity contribution in [1.29, 1.82) is 0 Å². The molecule has 0 bridgehead atoms. The van der Waals surface area contributed by atoms with Crippen LogP contribution in [0.4, 0.5) is 4.79 Å². The van der Waals surface area contributed by atoms with Crippen LogP contribution in [0.3, 0.4) is 0 Å². The fourth-order valence-electron chi connectivity index (χ4n) is 1.33. The van der Waals surface area contributed by atoms with Crippen LogP contribution >= 0.6 is 0 Å². The highest BCUT2D eigenvalue weighted by Gasteiger charge is 2.31. The van der Waals surface area contributed by atoms with E-state index in [2.05, 4.69) is 4.74 Å². The number of hydrogen-bond donors (Lipinski definition) is 0. The summed E-state index contributed by atoms with van der Waals surface area (Å²) in [6, 6.07) is 0. The fourth-order valence-corrected chi connectivity index (χ4v) is 1.33. The number of hydrogen-bond acceptors (Lipinski definition) is 4. The van der Waals surface area contributed by atoms with E-state index in [1.54, 1.807) is 20.0 Å². The Bertz CT molecular complexity index is 298. The van der Waals surface area contributed by atoms with Crippen molar-refractivity contribution < 1.29 is 19.1 Å². The van der Waals surface area contributed by atoms with Crippen molar-refractivity contribution in [2.45, 2.75) is 26.5 Å². The molecule has 0 fully saturated rings. The number of carbonyl (C=O) groups excluding carboxylic acids is 2. The number of amides is 1. The first-order chi connectivity index (χ1) is 7.10. The van der Waals surface area contributed by atoms with E-state index in [9.17, 15) is 9.59 Å². The maximum absolute atomic E-state index is 11.5. The standard InChI is InChI=1S/C10H15NO4/c1-4-7-6-8(11(3)9(7)12)15-10(13)14-5-2/h6,8H,4-5H2,1-3H3. The lowest BCUT2D eigenvalue weighted by Crippen LogP contribution is -2.34. The molecule has 0 aliphatic carbocycles. The fraction of sp³-hybridized carbons (Fsp3) is 0.600. The Morgan fingerprint density at radius 1 is 1.53 bits per heavy atom. The monoisotopic (exact) mass is 213 g/mol. The third kappa shape index (κ3) is 2.49. The molecule has 0 N–H and O–H groups in total. The molecular formula is C10H15NO4. The van der Waals surface area contributed by atoms with Crippen molar-refractivity contribution in [3.05, 3.63) is 11.6 Å². The van der Waals surface area contributed by atoms with Gasteiger partial charge in [-0.1, -0.05) is 6.92 Å². The molecule has 1 amide bonds. The van der Waals surface area contributed by atoms with Gasteiger partial charge in [-0.25, -0.2) is 4.79 Å². The summed E-state index contributed by atoms with van der Waals surface area (Å²) in [6.45, 7) is 3.83. The second kappa shape index (κ2) is 4.82. The lowest BCUT2D eigenvalue weighted by atomic mass is 10.2. The Balaban J connectivity index is 2.60. The molecular weight excluding hydrogens is 198 g/mol. The van der Waals surface area contributed by atoms with Gasteiger partial charge in [-0.2, -0.15) is 0 Å². The largest absolute Gasteiger partial charge is 0.510 e. The van der Waals surface area contributed by atoms with Crippen molar-refractivity contribution in [3.63, 3.8) is 0 Å². The van der Waals surface area contributed by atoms with Crippen LogP contribution in [-0.2, 0) is 14.3 Å². The van der Waals surface area contributed by atoms with E-state index in [-0.39, 0.29) is 12.5 Å². The summed E-state index contributed by atoms with van der Waals surface area (Å²) in [6.07, 6.45) is 0.882. The zero-order valence-electron chi connectivity index (χ0n) is 9.15. The summed E-state index contributed by atoms with van der Waals surface area (Å²) >= 11 is 0. The van der Waals surface area contributed by atoms with Crippen molar-refractivity contribution in [1.82, 2.24) is 4.90 Å². The van der Waals surface area contributed by atoms with E-state index < -0.39 is 12.4 Å². The van der Waals surface area contributed by atoms with E-state index in [1.807, 2.05) is 6.92 Å². The third-order valence-electron chi connectivity index (χ3n) is 2.18. The molecule has 1 atom stereocenters. The Kier molecular flexibility index (Phi) is 3.71. The highest BCUT2D eigenvalue weighted by molar-refractivity contribution is 5.96. The average molecular weight is 213 g/mol. The first kappa shape index (κ1) is 11.6. The maximum atomic E-state index is 11.5. The number of likely N-dealkylation sites (N-methyl/N-ethyl adjacent to an activating group) is 1. The van der Waals surface area contributed by atoms with Crippen LogP contribution in [0.1, 0.15) is 20.3 Å². The van der Waals surface area contributed by atoms with Crippen molar-refractivity contribution in [2.24, 2.45) is 0 Å². The Hall–Kier alpha value is -1.52. The molecule has 5 nitrogen and oxygen atoms in total. The molecule has 0 saturated heterocycles. The van der Waals surface area contributed by atoms with Crippen LogP contribution < -0.4 is 0 Å². The summed E-state index contributed by atoms with van der Waals surface area (Å²) in [5.41, 5.74) is 0.659. The van der Waals surface area contributed by atoms with Gasteiger partial charge in [-0.15, -0.1) is 0 Å². The van der Waals surface area contributed by atoms with E-state index in [0.717, 1.165) is 0 Å². The predicted molar refractivity (Wildman–Crippen MR) is 53.0 cm³/mol. The van der Waals surface area contributed by atoms with Crippen LogP contribution in [0.2, 0.25) is 0 Å². The molecule has 0 aromatic heterocycles. The summed E-state index contributed by atoms with van der Waals surface area (Å²) in [7, 11) is 1.59. The molecule has 84 valence electrons. The zero-order valence-corrected chi connectivity index (χ0v) is 9.15. The predicted octanol–water partition coefficient (Wildman–Crippen LogP) is 1.29. The first-order valence-corrected chi connectivity index (χ1v) is 4.91. The zero-order chi connectivity index (χ0) is 11.4. The molecule has 1 rings (SSSR count). The third-order valence-corrected chi connectivity index (χ3v) is 2.18. The van der Waals surface area contributed by atoms with E-state index in [1.165, 1.54) is 4.90 Å². The molecule has 0 aromatic rings. The van der Waals surface area contributed by atoms with Gasteiger partial charge in [0.25, 0.3) is 5.91 Å². The SMILES string of the molecule is CCOC(=O)OC1C=C(CC)C(=O)N1C. The minimum atomic E-state index is -0.754. The van der Waals surface area contributed by atoms with Gasteiger partial charge in [-0.05, 0) is 19.4 Å². The topological polar surface area (TPSA) is 55.8 Å². The molecule has 0 aromatic carbocycles. The minimum absolute atomic E-state index is 0.105. The van der Waals surface area contributed by atoms with Crippen LogP contribution in [-0.4, -0.2) is 36.8 Å². The first-order valence-electron chi connectivity index (χ1n) is 4.91. The van der Waals surface area contributed by atoms with E-state index in [0.29, 0.717) is 12.0 Å². The molecule has 0 saturated carbocycles. The molecule has 5 heteroatoms. The van der Waals surface area contributed by atoms with Gasteiger partial charge in [0, 0.05) is 12.6 Å². The van der Waals surface area contributed by atoms with Gasteiger partial charge in [0.05, 0.1) is 6.61 Å². The molecule has 15 heavy (non-hydrogen) atoms. The summed E-state index contributed by atoms with van der Waals surface area (Å²) in [4.78, 5) is 23.9. The van der Waals surface area contributed by atoms with Crippen LogP contribution in [0.15, 0.2) is 11.6 Å². The van der Waals surface area contributed by atoms with Gasteiger partial charge >= 0.3 is 6.16 Å². The smallest absolute Gasteiger partial charge is 0.435 e. The number of ether oxygens (including phenoxy) is 2. The van der Waals surface area contributed by atoms with Crippen molar-refractivity contribution in [3.8, 4) is 0 Å². The quantitative estimate of drug-likeness (QED) is 0.663. The Morgan fingerprint density at radius 2 is 2.20 bits per heavy atom. The highest BCUT2D eigenvalue weighted by Crippen LogP contribution is 2.19. The Labute approximate surface area is 88.6 Å². The summed E-state index contributed by atoms with van der Waals surface area (Å²) in [5.74, 6) is -0.105. The normalized spacial score (nSPS) is 20.2. The van der Waals surface area contributed by atoms with E-state index in [4.69, 9.17) is 4.74 Å². The lowest BCUT2D eigenvalue weighted by molar-refractivity contribution is -0.130. The molecule has 1 heterocycles. The number of carbonyl (C=O) groups is 2. The maximum Gasteiger partial charge on any atom is 0.510 e. The van der Waals surface area contributed by atoms with Gasteiger partial charge in [0.2, 0.25) is 6.23 Å². The van der Waals surface area contributed by atoms with Gasteiger partial charge in [0.15, 0.2) is 0 Å². The Morgan fingerprint density at radius 3 is 2.67 bits per heavy atom. The average Bonchev–Trinajstić information content (AvgIpc) is 2.46. The van der Waals surface area contributed by atoms with E-state index >= 15 is 0 Å². The lowest BCUT2D eigenvalue weighted by Gasteiger charge is -2.18. The molecule has 1 aliphatic rings. The van der Waals surface area contributed by atoms with Crippen molar-refractivity contribution in [2.75, 3.05) is 13.7 Å². The van der Waals surface area contributed by atoms with Gasteiger partial charge in [-0.3, -0.25) is 4.79 Å². The van der Waals surface area contributed by atoms with Crippen molar-refractivity contribution >= 4 is 12.1 Å². The van der Waals surface area contributed by atoms with Crippen LogP contribution in [0, 0.1) is 0 Å².